The first-order valence-electron chi connectivity index (χ1n) is 2.45. The molecule has 0 rings (SSSR count). The molecule has 2 atom stereocenters. The molecule has 0 fully saturated rings. The summed E-state index contributed by atoms with van der Waals surface area (Å²) in [6, 6.07) is 0. The second-order valence-corrected chi connectivity index (χ2v) is 1.87. The molecular weight excluding hydrogens is 95.1 g/mol. The topological polar surface area (TPSA) is 20.2 Å². The zero-order valence-corrected chi connectivity index (χ0v) is 4.69. The summed E-state index contributed by atoms with van der Waals surface area (Å²) >= 11 is 0. The summed E-state index contributed by atoms with van der Waals surface area (Å²) in [5.74, 6) is 0. The second kappa shape index (κ2) is 2.97. The molecule has 0 saturated heterocycles. The SMILES string of the molecule is CC(O)CC(C)F. The largest absolute Gasteiger partial charge is 0.393 e. The van der Waals surface area contributed by atoms with Crippen molar-refractivity contribution < 1.29 is 9.50 Å². The number of hydrogen-bond acceptors (Lipinski definition) is 1. The first-order chi connectivity index (χ1) is 3.13. The van der Waals surface area contributed by atoms with E-state index in [1.54, 1.807) is 6.92 Å². The number of rotatable bonds is 2. The number of hydrogen-bond donors (Lipinski definition) is 1. The van der Waals surface area contributed by atoms with Gasteiger partial charge in [0.2, 0.25) is 0 Å². The quantitative estimate of drug-likeness (QED) is 0.559. The Hall–Kier alpha value is -0.110. The molecule has 0 aromatic heterocycles. The van der Waals surface area contributed by atoms with Crippen LogP contribution in [0.2, 0.25) is 0 Å². The maximum atomic E-state index is 11.8. The Balaban J connectivity index is 2.95. The molecule has 0 bridgehead atoms. The highest BCUT2D eigenvalue weighted by Gasteiger charge is 2.00. The van der Waals surface area contributed by atoms with E-state index in [0.717, 1.165) is 0 Å². The van der Waals surface area contributed by atoms with Crippen LogP contribution in [-0.4, -0.2) is 17.4 Å². The molecule has 1 N–H and O–H groups in total. The third-order valence-corrected chi connectivity index (χ3v) is 0.666. The van der Waals surface area contributed by atoms with Gasteiger partial charge in [0, 0.05) is 6.42 Å². The molecule has 0 aliphatic rings. The summed E-state index contributed by atoms with van der Waals surface area (Å²) in [5.41, 5.74) is 0. The maximum Gasteiger partial charge on any atom is 0.0998 e. The van der Waals surface area contributed by atoms with Crippen LogP contribution < -0.4 is 0 Å². The minimum absolute atomic E-state index is 0.250. The molecule has 2 unspecified atom stereocenters. The molecule has 0 radical (unpaired) electrons. The Morgan fingerprint density at radius 2 is 2.00 bits per heavy atom. The van der Waals surface area contributed by atoms with Gasteiger partial charge < -0.3 is 5.11 Å². The first-order valence-corrected chi connectivity index (χ1v) is 2.45. The van der Waals surface area contributed by atoms with Gasteiger partial charge in [-0.05, 0) is 13.8 Å². The molecule has 44 valence electrons. The predicted octanol–water partition coefficient (Wildman–Crippen LogP) is 1.12. The van der Waals surface area contributed by atoms with Crippen LogP contribution in [0.5, 0.6) is 0 Å². The number of aliphatic hydroxyl groups excluding tert-OH is 1. The van der Waals surface area contributed by atoms with E-state index in [4.69, 9.17) is 5.11 Å². The van der Waals surface area contributed by atoms with Gasteiger partial charge in [-0.3, -0.25) is 0 Å². The number of alkyl halides is 1. The van der Waals surface area contributed by atoms with E-state index in [0.29, 0.717) is 0 Å². The van der Waals surface area contributed by atoms with Crippen LogP contribution in [0, 0.1) is 0 Å². The molecule has 0 aromatic carbocycles. The lowest BCUT2D eigenvalue weighted by atomic mass is 10.2. The van der Waals surface area contributed by atoms with Crippen molar-refractivity contribution >= 4 is 0 Å². The van der Waals surface area contributed by atoms with Crippen LogP contribution in [-0.2, 0) is 0 Å². The lowest BCUT2D eigenvalue weighted by Gasteiger charge is -2.01. The number of halogens is 1. The third kappa shape index (κ3) is 5.89. The third-order valence-electron chi connectivity index (χ3n) is 0.666. The van der Waals surface area contributed by atoms with Crippen molar-refractivity contribution in [1.82, 2.24) is 0 Å². The zero-order valence-electron chi connectivity index (χ0n) is 4.69. The highest BCUT2D eigenvalue weighted by Crippen LogP contribution is 1.98. The van der Waals surface area contributed by atoms with E-state index in [-0.39, 0.29) is 6.42 Å². The minimum atomic E-state index is -0.875. The highest BCUT2D eigenvalue weighted by atomic mass is 19.1. The number of aliphatic hydroxyl groups is 1. The van der Waals surface area contributed by atoms with Gasteiger partial charge >= 0.3 is 0 Å². The second-order valence-electron chi connectivity index (χ2n) is 1.87. The molecule has 0 saturated carbocycles. The zero-order chi connectivity index (χ0) is 5.86. The van der Waals surface area contributed by atoms with Crippen LogP contribution >= 0.6 is 0 Å². The average Bonchev–Trinajstić information content (AvgIpc) is 1.27. The van der Waals surface area contributed by atoms with Gasteiger partial charge in [-0.1, -0.05) is 0 Å². The van der Waals surface area contributed by atoms with Gasteiger partial charge in [0.1, 0.15) is 0 Å². The van der Waals surface area contributed by atoms with Gasteiger partial charge in [-0.15, -0.1) is 0 Å². The molecule has 0 spiro atoms. The summed E-state index contributed by atoms with van der Waals surface area (Å²) < 4.78 is 11.8. The van der Waals surface area contributed by atoms with Crippen LogP contribution in [0.1, 0.15) is 20.3 Å². The summed E-state index contributed by atoms with van der Waals surface area (Å²) in [5, 5.41) is 8.48. The van der Waals surface area contributed by atoms with Crippen LogP contribution in [0.4, 0.5) is 4.39 Å². The van der Waals surface area contributed by atoms with Crippen LogP contribution in [0.15, 0.2) is 0 Å². The minimum Gasteiger partial charge on any atom is -0.393 e. The Labute approximate surface area is 43.2 Å². The van der Waals surface area contributed by atoms with Crippen molar-refractivity contribution in [2.75, 3.05) is 0 Å². The summed E-state index contributed by atoms with van der Waals surface area (Å²) in [6.07, 6.45) is -1.13. The standard InChI is InChI=1S/C5H11FO/c1-4(6)3-5(2)7/h4-5,7H,3H2,1-2H3. The van der Waals surface area contributed by atoms with Crippen molar-refractivity contribution in [2.45, 2.75) is 32.5 Å². The van der Waals surface area contributed by atoms with Crippen molar-refractivity contribution in [1.29, 1.82) is 0 Å². The predicted molar refractivity (Wildman–Crippen MR) is 26.9 cm³/mol. The maximum absolute atomic E-state index is 11.8. The highest BCUT2D eigenvalue weighted by molar-refractivity contribution is 4.51. The van der Waals surface area contributed by atoms with Gasteiger partial charge in [-0.25, -0.2) is 4.39 Å². The van der Waals surface area contributed by atoms with Gasteiger partial charge in [-0.2, -0.15) is 0 Å². The van der Waals surface area contributed by atoms with Crippen LogP contribution in [0.3, 0.4) is 0 Å². The lowest BCUT2D eigenvalue weighted by Crippen LogP contribution is -2.06. The molecule has 0 aliphatic carbocycles. The Morgan fingerprint density at radius 3 is 2.00 bits per heavy atom. The van der Waals surface area contributed by atoms with E-state index < -0.39 is 12.3 Å². The Morgan fingerprint density at radius 1 is 1.57 bits per heavy atom. The average molecular weight is 106 g/mol. The first kappa shape index (κ1) is 6.89. The Kier molecular flexibility index (Phi) is 2.92. The normalized spacial score (nSPS) is 18.9. The summed E-state index contributed by atoms with van der Waals surface area (Å²) in [6.45, 7) is 3.02. The summed E-state index contributed by atoms with van der Waals surface area (Å²) in [7, 11) is 0. The van der Waals surface area contributed by atoms with Crippen molar-refractivity contribution in [3.63, 3.8) is 0 Å². The van der Waals surface area contributed by atoms with E-state index in [1.165, 1.54) is 6.92 Å². The van der Waals surface area contributed by atoms with Gasteiger partial charge in [0.15, 0.2) is 0 Å². The fourth-order valence-electron chi connectivity index (χ4n) is 0.470. The smallest absolute Gasteiger partial charge is 0.0998 e. The van der Waals surface area contributed by atoms with Gasteiger partial charge in [0.25, 0.3) is 0 Å². The van der Waals surface area contributed by atoms with E-state index in [1.807, 2.05) is 0 Å². The molecule has 7 heavy (non-hydrogen) atoms. The van der Waals surface area contributed by atoms with Crippen LogP contribution in [0.25, 0.3) is 0 Å². The molecule has 0 heterocycles. The lowest BCUT2D eigenvalue weighted by molar-refractivity contribution is 0.148. The van der Waals surface area contributed by atoms with E-state index >= 15 is 0 Å². The molecule has 0 amide bonds. The monoisotopic (exact) mass is 106 g/mol. The van der Waals surface area contributed by atoms with E-state index in [2.05, 4.69) is 0 Å². The van der Waals surface area contributed by atoms with Gasteiger partial charge in [0.05, 0.1) is 12.3 Å². The van der Waals surface area contributed by atoms with Crippen molar-refractivity contribution in [3.8, 4) is 0 Å². The van der Waals surface area contributed by atoms with Crippen molar-refractivity contribution in [2.24, 2.45) is 0 Å². The fraction of sp³-hybridized carbons (Fsp3) is 1.00. The molecular formula is C5H11FO. The molecule has 2 heteroatoms. The fourth-order valence-corrected chi connectivity index (χ4v) is 0.470. The van der Waals surface area contributed by atoms with Crippen molar-refractivity contribution in [3.05, 3.63) is 0 Å². The molecule has 0 aliphatic heterocycles. The van der Waals surface area contributed by atoms with E-state index in [9.17, 15) is 4.39 Å². The summed E-state index contributed by atoms with van der Waals surface area (Å²) in [4.78, 5) is 0. The Bertz CT molecular complexity index is 37.3. The molecule has 0 aromatic rings. The molecule has 1 nitrogen and oxygen atoms in total.